The molecule has 2 unspecified atom stereocenters. The van der Waals surface area contributed by atoms with E-state index in [0.717, 1.165) is 17.5 Å². The number of nitrogens with zero attached hydrogens (tertiary/aromatic N) is 4. The molecule has 8 heteroatoms. The second-order valence-corrected chi connectivity index (χ2v) is 6.82. The topological polar surface area (TPSA) is 92.5 Å². The van der Waals surface area contributed by atoms with Crippen molar-refractivity contribution in [2.75, 3.05) is 7.05 Å². The molecular weight excluding hydrogens is 361 g/mol. The second-order valence-electron chi connectivity index (χ2n) is 6.82. The normalized spacial score (nSPS) is 22.3. The van der Waals surface area contributed by atoms with Crippen molar-refractivity contribution in [1.82, 2.24) is 20.5 Å². The average Bonchev–Trinajstić information content (AvgIpc) is 2.70. The van der Waals surface area contributed by atoms with Crippen molar-refractivity contribution in [2.24, 2.45) is 4.99 Å². The Bertz CT molecular complexity index is 856. The molecule has 1 saturated carbocycles. The molecule has 0 spiro atoms. The van der Waals surface area contributed by atoms with E-state index >= 15 is 0 Å². The Kier molecular flexibility index (Phi) is 6.30. The quantitative estimate of drug-likeness (QED) is 0.743. The maximum atomic E-state index is 14.1. The van der Waals surface area contributed by atoms with Crippen molar-refractivity contribution in [1.29, 1.82) is 0 Å². The van der Waals surface area contributed by atoms with Crippen LogP contribution in [0.1, 0.15) is 30.4 Å². The number of aromatic nitrogens is 3. The number of hydrogen-bond acceptors (Lipinski definition) is 7. The summed E-state index contributed by atoms with van der Waals surface area (Å²) < 4.78 is 19.8. The summed E-state index contributed by atoms with van der Waals surface area (Å²) in [4.78, 5) is 7.85. The SMILES string of the molecule is C=N/C=C\c1cc(-c2cnc(O[C@H]3CC(NC)CCC3F)nn2)c(O)cc1C. The lowest BCUT2D eigenvalue weighted by Crippen LogP contribution is -2.42. The van der Waals surface area contributed by atoms with Gasteiger partial charge in [0.2, 0.25) is 0 Å². The van der Waals surface area contributed by atoms with Crippen molar-refractivity contribution >= 4 is 12.8 Å². The van der Waals surface area contributed by atoms with E-state index in [1.807, 2.05) is 14.0 Å². The van der Waals surface area contributed by atoms with Gasteiger partial charge in [0, 0.05) is 24.2 Å². The minimum atomic E-state index is -1.05. The number of phenols is 1. The number of halogens is 1. The van der Waals surface area contributed by atoms with Crippen LogP contribution in [-0.4, -0.2) is 52.4 Å². The fourth-order valence-electron chi connectivity index (χ4n) is 3.28. The number of rotatable bonds is 6. The van der Waals surface area contributed by atoms with Crippen LogP contribution in [0.2, 0.25) is 0 Å². The molecule has 1 heterocycles. The Hall–Kier alpha value is -2.87. The molecule has 1 aliphatic rings. The molecule has 1 fully saturated rings. The molecule has 1 aromatic heterocycles. The lowest BCUT2D eigenvalue weighted by molar-refractivity contribution is 0.0436. The van der Waals surface area contributed by atoms with Gasteiger partial charge < -0.3 is 15.2 Å². The number of aromatic hydroxyl groups is 1. The molecule has 2 aromatic rings. The van der Waals surface area contributed by atoms with Crippen molar-refractivity contribution in [3.05, 3.63) is 35.7 Å². The summed E-state index contributed by atoms with van der Waals surface area (Å²) in [7, 11) is 1.86. The predicted molar refractivity (Wildman–Crippen MR) is 106 cm³/mol. The lowest BCUT2D eigenvalue weighted by Gasteiger charge is -2.31. The molecule has 3 rings (SSSR count). The molecular formula is C20H24FN5O2. The number of hydrogen-bond donors (Lipinski definition) is 2. The second kappa shape index (κ2) is 8.88. The van der Waals surface area contributed by atoms with Gasteiger partial charge in [-0.2, -0.15) is 0 Å². The fourth-order valence-corrected chi connectivity index (χ4v) is 3.28. The third kappa shape index (κ3) is 4.51. The zero-order chi connectivity index (χ0) is 20.1. The smallest absolute Gasteiger partial charge is 0.336 e. The van der Waals surface area contributed by atoms with Gasteiger partial charge in [0.1, 0.15) is 23.7 Å². The Balaban J connectivity index is 1.79. The first-order valence-electron chi connectivity index (χ1n) is 9.16. The third-order valence-electron chi connectivity index (χ3n) is 4.94. The lowest BCUT2D eigenvalue weighted by atomic mass is 9.91. The molecule has 1 aliphatic carbocycles. The van der Waals surface area contributed by atoms with Gasteiger partial charge in [-0.05, 0) is 62.9 Å². The van der Waals surface area contributed by atoms with E-state index in [2.05, 4.69) is 32.2 Å². The minimum absolute atomic E-state index is 0.0238. The molecule has 7 nitrogen and oxygen atoms in total. The first kappa shape index (κ1) is 19.9. The number of ether oxygens (including phenoxy) is 1. The molecule has 0 radical (unpaired) electrons. The van der Waals surface area contributed by atoms with Gasteiger partial charge in [0.15, 0.2) is 0 Å². The first-order chi connectivity index (χ1) is 13.5. The summed E-state index contributed by atoms with van der Waals surface area (Å²) in [6.45, 7) is 5.29. The van der Waals surface area contributed by atoms with E-state index in [0.29, 0.717) is 24.1 Å². The van der Waals surface area contributed by atoms with Crippen LogP contribution in [0.15, 0.2) is 29.5 Å². The maximum Gasteiger partial charge on any atom is 0.336 e. The number of aryl methyl sites for hydroxylation is 1. The average molecular weight is 385 g/mol. The summed E-state index contributed by atoms with van der Waals surface area (Å²) in [5.41, 5.74) is 2.62. The van der Waals surface area contributed by atoms with Crippen LogP contribution in [-0.2, 0) is 0 Å². The Morgan fingerprint density at radius 2 is 2.18 bits per heavy atom. The van der Waals surface area contributed by atoms with Crippen LogP contribution < -0.4 is 10.1 Å². The number of aliphatic imine (C=N–C) groups is 1. The van der Waals surface area contributed by atoms with Gasteiger partial charge in [-0.3, -0.25) is 4.99 Å². The van der Waals surface area contributed by atoms with Gasteiger partial charge in [-0.15, -0.1) is 5.10 Å². The molecule has 1 aromatic carbocycles. The van der Waals surface area contributed by atoms with Crippen LogP contribution in [0.25, 0.3) is 17.3 Å². The van der Waals surface area contributed by atoms with Crippen LogP contribution in [0, 0.1) is 6.92 Å². The Morgan fingerprint density at radius 1 is 1.36 bits per heavy atom. The van der Waals surface area contributed by atoms with Crippen molar-refractivity contribution in [2.45, 2.75) is 44.5 Å². The van der Waals surface area contributed by atoms with Gasteiger partial charge in [-0.1, -0.05) is 5.10 Å². The van der Waals surface area contributed by atoms with Crippen molar-refractivity contribution in [3.63, 3.8) is 0 Å². The van der Waals surface area contributed by atoms with Gasteiger partial charge in [0.25, 0.3) is 0 Å². The minimum Gasteiger partial charge on any atom is -0.507 e. The van der Waals surface area contributed by atoms with Crippen LogP contribution in [0.4, 0.5) is 4.39 Å². The molecule has 28 heavy (non-hydrogen) atoms. The van der Waals surface area contributed by atoms with Gasteiger partial charge in [0.05, 0.1) is 6.20 Å². The fraction of sp³-hybridized carbons (Fsp3) is 0.400. The number of alkyl halides is 1. The number of benzene rings is 1. The van der Waals surface area contributed by atoms with Crippen molar-refractivity contribution in [3.8, 4) is 23.0 Å². The van der Waals surface area contributed by atoms with E-state index in [4.69, 9.17) is 4.74 Å². The summed E-state index contributed by atoms with van der Waals surface area (Å²) in [6, 6.07) is 3.65. The molecule has 148 valence electrons. The molecule has 0 amide bonds. The molecule has 0 bridgehead atoms. The largest absolute Gasteiger partial charge is 0.507 e. The zero-order valence-corrected chi connectivity index (χ0v) is 16.0. The molecule has 3 atom stereocenters. The highest BCUT2D eigenvalue weighted by Crippen LogP contribution is 2.31. The molecule has 2 N–H and O–H groups in total. The Labute approximate surface area is 163 Å². The predicted octanol–water partition coefficient (Wildman–Crippen LogP) is 3.08. The first-order valence-corrected chi connectivity index (χ1v) is 9.16. The van der Waals surface area contributed by atoms with Crippen LogP contribution in [0.5, 0.6) is 11.8 Å². The highest BCUT2D eigenvalue weighted by molar-refractivity contribution is 5.71. The highest BCUT2D eigenvalue weighted by atomic mass is 19.1. The van der Waals surface area contributed by atoms with Gasteiger partial charge in [-0.25, -0.2) is 9.37 Å². The van der Waals surface area contributed by atoms with E-state index < -0.39 is 12.3 Å². The summed E-state index contributed by atoms with van der Waals surface area (Å²) in [6.07, 6.45) is 4.92. The summed E-state index contributed by atoms with van der Waals surface area (Å²) in [5.74, 6) is 0.0685. The summed E-state index contributed by atoms with van der Waals surface area (Å²) in [5, 5.41) is 21.5. The Morgan fingerprint density at radius 3 is 2.86 bits per heavy atom. The van der Waals surface area contributed by atoms with Crippen molar-refractivity contribution < 1.29 is 14.2 Å². The highest BCUT2D eigenvalue weighted by Gasteiger charge is 2.32. The monoisotopic (exact) mass is 385 g/mol. The van der Waals surface area contributed by atoms with Crippen LogP contribution in [0.3, 0.4) is 0 Å². The van der Waals surface area contributed by atoms with E-state index in [1.54, 1.807) is 24.4 Å². The summed E-state index contributed by atoms with van der Waals surface area (Å²) >= 11 is 0. The maximum absolute atomic E-state index is 14.1. The number of phenolic OH excluding ortho intramolecular Hbond substituents is 1. The molecule has 0 aliphatic heterocycles. The standard InChI is InChI=1S/C20H24FN5O2/c1-12-8-18(27)15(9-13(12)6-7-22-2)17-11-24-20(26-25-17)28-19-10-14(23-3)4-5-16(19)21/h6-9,11,14,16,19,23,27H,2,4-5,10H2,1,3H3/b7-6-/t14?,16?,19-/m0/s1. The van der Waals surface area contributed by atoms with Gasteiger partial charge >= 0.3 is 6.01 Å². The zero-order valence-electron chi connectivity index (χ0n) is 16.0. The van der Waals surface area contributed by atoms with E-state index in [-0.39, 0.29) is 17.8 Å². The van der Waals surface area contributed by atoms with E-state index in [9.17, 15) is 9.50 Å². The van der Waals surface area contributed by atoms with E-state index in [1.165, 1.54) is 6.20 Å². The molecule has 0 saturated heterocycles. The van der Waals surface area contributed by atoms with Crippen LogP contribution >= 0.6 is 0 Å². The number of nitrogens with one attached hydrogen (secondary N) is 1. The third-order valence-corrected chi connectivity index (χ3v) is 4.94.